The first kappa shape index (κ1) is 10.4. The summed E-state index contributed by atoms with van der Waals surface area (Å²) < 4.78 is 0. The maximum atomic E-state index is 11.8. The van der Waals surface area contributed by atoms with Crippen LogP contribution < -0.4 is 11.1 Å². The number of nitrogens with one attached hydrogen (secondary N) is 1. The van der Waals surface area contributed by atoms with E-state index in [4.69, 9.17) is 17.3 Å². The predicted molar refractivity (Wildman–Crippen MR) is 58.6 cm³/mol. The largest absolute Gasteiger partial charge is 0.329 e. The Labute approximate surface area is 92.8 Å². The van der Waals surface area contributed by atoms with Gasteiger partial charge in [-0.3, -0.25) is 4.79 Å². The van der Waals surface area contributed by atoms with Gasteiger partial charge in [-0.25, -0.2) is 4.98 Å². The molecule has 2 rings (SSSR count). The summed E-state index contributed by atoms with van der Waals surface area (Å²) in [7, 11) is 0. The standard InChI is InChI=1S/C10H12ClN3O/c11-8-2-1-7(5-13-8)14-9(15)10(6-12)3-4-10/h1-2,5H,3-4,6,12H2,(H,14,15). The van der Waals surface area contributed by atoms with Gasteiger partial charge in [0.2, 0.25) is 5.91 Å². The van der Waals surface area contributed by atoms with Crippen molar-refractivity contribution in [3.05, 3.63) is 23.5 Å². The smallest absolute Gasteiger partial charge is 0.231 e. The number of nitrogens with zero attached hydrogens (tertiary/aromatic N) is 1. The maximum Gasteiger partial charge on any atom is 0.231 e. The summed E-state index contributed by atoms with van der Waals surface area (Å²) >= 11 is 5.63. The molecule has 1 saturated carbocycles. The van der Waals surface area contributed by atoms with Crippen LogP contribution in [0.3, 0.4) is 0 Å². The van der Waals surface area contributed by atoms with Crippen molar-refractivity contribution in [1.29, 1.82) is 0 Å². The molecule has 0 atom stereocenters. The molecule has 1 heterocycles. The number of nitrogens with two attached hydrogens (primary N) is 1. The molecule has 0 saturated heterocycles. The molecular formula is C10H12ClN3O. The molecule has 0 spiro atoms. The highest BCUT2D eigenvalue weighted by Crippen LogP contribution is 2.45. The first-order valence-electron chi connectivity index (χ1n) is 4.79. The number of amides is 1. The molecule has 1 aliphatic rings. The molecule has 0 aromatic carbocycles. The molecule has 80 valence electrons. The van der Waals surface area contributed by atoms with E-state index >= 15 is 0 Å². The molecule has 0 aliphatic heterocycles. The fraction of sp³-hybridized carbons (Fsp3) is 0.400. The Kier molecular flexibility index (Phi) is 2.63. The number of hydrogen-bond donors (Lipinski definition) is 2. The average molecular weight is 226 g/mol. The fourth-order valence-electron chi connectivity index (χ4n) is 1.39. The summed E-state index contributed by atoms with van der Waals surface area (Å²) in [5.41, 5.74) is 5.87. The molecule has 1 aromatic rings. The quantitative estimate of drug-likeness (QED) is 0.765. The summed E-state index contributed by atoms with van der Waals surface area (Å²) in [6.45, 7) is 0.403. The minimum Gasteiger partial charge on any atom is -0.329 e. The van der Waals surface area contributed by atoms with Crippen molar-refractivity contribution >= 4 is 23.2 Å². The lowest BCUT2D eigenvalue weighted by molar-refractivity contribution is -0.120. The third-order valence-electron chi connectivity index (χ3n) is 2.71. The Balaban J connectivity index is 2.03. The van der Waals surface area contributed by atoms with Gasteiger partial charge in [0.15, 0.2) is 0 Å². The summed E-state index contributed by atoms with van der Waals surface area (Å²) in [6.07, 6.45) is 3.28. The summed E-state index contributed by atoms with van der Waals surface area (Å²) in [5, 5.41) is 3.19. The molecule has 0 bridgehead atoms. The number of halogens is 1. The van der Waals surface area contributed by atoms with E-state index in [-0.39, 0.29) is 11.3 Å². The highest BCUT2D eigenvalue weighted by molar-refractivity contribution is 6.29. The van der Waals surface area contributed by atoms with Crippen LogP contribution in [0, 0.1) is 5.41 Å². The van der Waals surface area contributed by atoms with E-state index in [1.807, 2.05) is 0 Å². The summed E-state index contributed by atoms with van der Waals surface area (Å²) in [6, 6.07) is 3.36. The van der Waals surface area contributed by atoms with Crippen molar-refractivity contribution in [1.82, 2.24) is 4.98 Å². The Morgan fingerprint density at radius 3 is 2.80 bits per heavy atom. The zero-order chi connectivity index (χ0) is 10.9. The lowest BCUT2D eigenvalue weighted by Crippen LogP contribution is -2.30. The lowest BCUT2D eigenvalue weighted by Gasteiger charge is -2.12. The molecule has 1 aromatic heterocycles. The number of aromatic nitrogens is 1. The van der Waals surface area contributed by atoms with Crippen LogP contribution in [0.4, 0.5) is 5.69 Å². The van der Waals surface area contributed by atoms with Crippen LogP contribution in [0.5, 0.6) is 0 Å². The van der Waals surface area contributed by atoms with Crippen molar-refractivity contribution in [3.63, 3.8) is 0 Å². The Hall–Kier alpha value is -1.13. The van der Waals surface area contributed by atoms with Crippen molar-refractivity contribution in [3.8, 4) is 0 Å². The van der Waals surface area contributed by atoms with Crippen LogP contribution in [0.2, 0.25) is 5.15 Å². The van der Waals surface area contributed by atoms with Crippen LogP contribution >= 0.6 is 11.6 Å². The van der Waals surface area contributed by atoms with E-state index < -0.39 is 0 Å². The van der Waals surface area contributed by atoms with Crippen molar-refractivity contribution in [2.24, 2.45) is 11.1 Å². The molecule has 1 aliphatic carbocycles. The summed E-state index contributed by atoms with van der Waals surface area (Å²) in [5.74, 6) is -0.0193. The molecule has 0 unspecified atom stereocenters. The number of carbonyl (C=O) groups is 1. The van der Waals surface area contributed by atoms with E-state index in [0.29, 0.717) is 17.4 Å². The molecule has 0 radical (unpaired) electrons. The number of rotatable bonds is 3. The van der Waals surface area contributed by atoms with Gasteiger partial charge in [0, 0.05) is 6.54 Å². The molecule has 3 N–H and O–H groups in total. The first-order chi connectivity index (χ1) is 7.16. The van der Waals surface area contributed by atoms with Crippen LogP contribution in [0.1, 0.15) is 12.8 Å². The van der Waals surface area contributed by atoms with Crippen LogP contribution in [0.25, 0.3) is 0 Å². The van der Waals surface area contributed by atoms with Crippen molar-refractivity contribution in [2.75, 3.05) is 11.9 Å². The number of anilines is 1. The van der Waals surface area contributed by atoms with E-state index in [0.717, 1.165) is 12.8 Å². The number of pyridine rings is 1. The van der Waals surface area contributed by atoms with E-state index in [1.54, 1.807) is 12.1 Å². The molecule has 5 heteroatoms. The molecular weight excluding hydrogens is 214 g/mol. The van der Waals surface area contributed by atoms with E-state index in [1.165, 1.54) is 6.20 Å². The van der Waals surface area contributed by atoms with Crippen LogP contribution in [-0.2, 0) is 4.79 Å². The second-order valence-corrected chi connectivity index (χ2v) is 4.20. The zero-order valence-electron chi connectivity index (χ0n) is 8.16. The highest BCUT2D eigenvalue weighted by atomic mass is 35.5. The molecule has 1 amide bonds. The third kappa shape index (κ3) is 2.11. The molecule has 15 heavy (non-hydrogen) atoms. The highest BCUT2D eigenvalue weighted by Gasteiger charge is 2.48. The molecule has 4 nitrogen and oxygen atoms in total. The maximum absolute atomic E-state index is 11.8. The Bertz CT molecular complexity index is 373. The first-order valence-corrected chi connectivity index (χ1v) is 5.17. The Morgan fingerprint density at radius 2 is 2.33 bits per heavy atom. The zero-order valence-corrected chi connectivity index (χ0v) is 8.92. The van der Waals surface area contributed by atoms with Gasteiger partial charge < -0.3 is 11.1 Å². The van der Waals surface area contributed by atoms with Crippen molar-refractivity contribution in [2.45, 2.75) is 12.8 Å². The SMILES string of the molecule is NCC1(C(=O)Nc2ccc(Cl)nc2)CC1. The van der Waals surface area contributed by atoms with Gasteiger partial charge in [-0.1, -0.05) is 11.6 Å². The predicted octanol–water partition coefficient (Wildman–Crippen LogP) is 1.41. The molecule has 1 fully saturated rings. The van der Waals surface area contributed by atoms with Gasteiger partial charge in [-0.05, 0) is 25.0 Å². The second-order valence-electron chi connectivity index (χ2n) is 3.81. The Morgan fingerprint density at radius 1 is 1.60 bits per heavy atom. The fourth-order valence-corrected chi connectivity index (χ4v) is 1.50. The van der Waals surface area contributed by atoms with Gasteiger partial charge in [0.25, 0.3) is 0 Å². The number of hydrogen-bond acceptors (Lipinski definition) is 3. The van der Waals surface area contributed by atoms with Crippen LogP contribution in [0.15, 0.2) is 18.3 Å². The van der Waals surface area contributed by atoms with Gasteiger partial charge in [-0.2, -0.15) is 0 Å². The topological polar surface area (TPSA) is 68.0 Å². The van der Waals surface area contributed by atoms with Gasteiger partial charge in [0.1, 0.15) is 5.15 Å². The lowest BCUT2D eigenvalue weighted by atomic mass is 10.1. The van der Waals surface area contributed by atoms with E-state index in [9.17, 15) is 4.79 Å². The van der Waals surface area contributed by atoms with E-state index in [2.05, 4.69) is 10.3 Å². The summed E-state index contributed by atoms with van der Waals surface area (Å²) in [4.78, 5) is 15.6. The van der Waals surface area contributed by atoms with Crippen molar-refractivity contribution < 1.29 is 4.79 Å². The average Bonchev–Trinajstić information content (AvgIpc) is 3.02. The monoisotopic (exact) mass is 225 g/mol. The minimum atomic E-state index is -0.334. The normalized spacial score (nSPS) is 17.2. The van der Waals surface area contributed by atoms with Gasteiger partial charge in [0.05, 0.1) is 17.3 Å². The van der Waals surface area contributed by atoms with Gasteiger partial charge in [-0.15, -0.1) is 0 Å². The third-order valence-corrected chi connectivity index (χ3v) is 2.93. The second kappa shape index (κ2) is 3.79. The minimum absolute atomic E-state index is 0.0193. The van der Waals surface area contributed by atoms with Gasteiger partial charge >= 0.3 is 0 Å². The number of carbonyl (C=O) groups excluding carboxylic acids is 1. The van der Waals surface area contributed by atoms with Crippen LogP contribution in [-0.4, -0.2) is 17.4 Å².